The van der Waals surface area contributed by atoms with Gasteiger partial charge in [-0.1, -0.05) is 45.9 Å². The Morgan fingerprint density at radius 2 is 1.62 bits per heavy atom. The lowest BCUT2D eigenvalue weighted by molar-refractivity contribution is 0.393. The molecule has 0 saturated carbocycles. The van der Waals surface area contributed by atoms with E-state index in [1.165, 1.54) is 4.90 Å². The van der Waals surface area contributed by atoms with Crippen molar-refractivity contribution in [3.63, 3.8) is 0 Å². The summed E-state index contributed by atoms with van der Waals surface area (Å²) in [4.78, 5) is 1.21. The van der Waals surface area contributed by atoms with Crippen molar-refractivity contribution in [2.75, 3.05) is 5.94 Å². The molecule has 0 aliphatic carbocycles. The normalized spacial score (nSPS) is 10.1. The number of rotatable bonds is 4. The highest BCUT2D eigenvalue weighted by Gasteiger charge is 1.95. The molecular formula is C13H11BrOS. The van der Waals surface area contributed by atoms with E-state index in [9.17, 15) is 0 Å². The van der Waals surface area contributed by atoms with Crippen molar-refractivity contribution in [3.8, 4) is 5.75 Å². The standard InChI is InChI=1S/C13H11BrOS/c14-11-6-8-13(9-7-11)16-10-15-12-4-2-1-3-5-12/h1-9H,10H2. The topological polar surface area (TPSA) is 9.23 Å². The summed E-state index contributed by atoms with van der Waals surface area (Å²) in [5.41, 5.74) is 0. The Kier molecular flexibility index (Phi) is 4.31. The smallest absolute Gasteiger partial charge is 0.138 e. The van der Waals surface area contributed by atoms with Crippen LogP contribution in [0.3, 0.4) is 0 Å². The summed E-state index contributed by atoms with van der Waals surface area (Å²) >= 11 is 5.09. The third-order valence-electron chi connectivity index (χ3n) is 2.01. The van der Waals surface area contributed by atoms with Crippen molar-refractivity contribution in [1.82, 2.24) is 0 Å². The zero-order valence-corrected chi connectivity index (χ0v) is 11.0. The van der Waals surface area contributed by atoms with Crippen LogP contribution in [-0.4, -0.2) is 5.94 Å². The van der Waals surface area contributed by atoms with Crippen LogP contribution in [0, 0.1) is 0 Å². The molecule has 2 aromatic rings. The Morgan fingerprint density at radius 3 is 2.31 bits per heavy atom. The van der Waals surface area contributed by atoms with Crippen LogP contribution in [0.4, 0.5) is 0 Å². The molecule has 0 aromatic heterocycles. The van der Waals surface area contributed by atoms with Crippen molar-refractivity contribution in [1.29, 1.82) is 0 Å². The molecule has 0 atom stereocenters. The van der Waals surface area contributed by atoms with E-state index in [4.69, 9.17) is 4.74 Å². The third kappa shape index (κ3) is 3.58. The maximum absolute atomic E-state index is 5.59. The molecule has 0 bridgehead atoms. The predicted octanol–water partition coefficient (Wildman–Crippen LogP) is 4.58. The number of para-hydroxylation sites is 1. The second kappa shape index (κ2) is 5.97. The van der Waals surface area contributed by atoms with Gasteiger partial charge in [-0.25, -0.2) is 0 Å². The fourth-order valence-electron chi connectivity index (χ4n) is 1.21. The molecule has 1 nitrogen and oxygen atoms in total. The van der Waals surface area contributed by atoms with Crippen molar-refractivity contribution in [2.24, 2.45) is 0 Å². The van der Waals surface area contributed by atoms with Crippen LogP contribution in [0.15, 0.2) is 64.0 Å². The van der Waals surface area contributed by atoms with Gasteiger partial charge in [0.1, 0.15) is 11.7 Å². The van der Waals surface area contributed by atoms with Crippen molar-refractivity contribution < 1.29 is 4.74 Å². The third-order valence-corrected chi connectivity index (χ3v) is 3.38. The summed E-state index contributed by atoms with van der Waals surface area (Å²) in [5.74, 6) is 1.54. The molecule has 0 radical (unpaired) electrons. The number of hydrogen-bond donors (Lipinski definition) is 0. The molecule has 0 aliphatic heterocycles. The van der Waals surface area contributed by atoms with Gasteiger partial charge in [-0.2, -0.15) is 0 Å². The first-order chi connectivity index (χ1) is 7.84. The summed E-state index contributed by atoms with van der Waals surface area (Å²) in [5, 5.41) is 0. The maximum Gasteiger partial charge on any atom is 0.138 e. The number of benzene rings is 2. The van der Waals surface area contributed by atoms with E-state index in [0.29, 0.717) is 5.94 Å². The van der Waals surface area contributed by atoms with Crippen molar-refractivity contribution in [3.05, 3.63) is 59.1 Å². The monoisotopic (exact) mass is 294 g/mol. The molecule has 0 fully saturated rings. The molecular weight excluding hydrogens is 284 g/mol. The second-order valence-electron chi connectivity index (χ2n) is 3.17. The van der Waals surface area contributed by atoms with Gasteiger partial charge in [0.05, 0.1) is 0 Å². The maximum atomic E-state index is 5.59. The zero-order valence-electron chi connectivity index (χ0n) is 8.60. The van der Waals surface area contributed by atoms with Crippen LogP contribution >= 0.6 is 27.7 Å². The molecule has 0 saturated heterocycles. The highest BCUT2D eigenvalue weighted by molar-refractivity contribution is 9.10. The molecule has 16 heavy (non-hydrogen) atoms. The minimum absolute atomic E-state index is 0.631. The van der Waals surface area contributed by atoms with Gasteiger partial charge >= 0.3 is 0 Å². The summed E-state index contributed by atoms with van der Waals surface area (Å²) in [7, 11) is 0. The number of hydrogen-bond acceptors (Lipinski definition) is 2. The van der Waals surface area contributed by atoms with Gasteiger partial charge in [0.25, 0.3) is 0 Å². The first-order valence-electron chi connectivity index (χ1n) is 4.91. The summed E-state index contributed by atoms with van der Waals surface area (Å²) in [6.45, 7) is 0. The fourth-order valence-corrected chi connectivity index (χ4v) is 2.14. The minimum Gasteiger partial charge on any atom is -0.483 e. The van der Waals surface area contributed by atoms with E-state index in [0.717, 1.165) is 10.2 Å². The van der Waals surface area contributed by atoms with Crippen molar-refractivity contribution >= 4 is 27.7 Å². The molecule has 0 heterocycles. The summed E-state index contributed by atoms with van der Waals surface area (Å²) < 4.78 is 6.69. The average Bonchev–Trinajstić information content (AvgIpc) is 2.33. The Bertz CT molecular complexity index is 427. The van der Waals surface area contributed by atoms with Crippen molar-refractivity contribution in [2.45, 2.75) is 4.90 Å². The number of ether oxygens (including phenoxy) is 1. The lowest BCUT2D eigenvalue weighted by Gasteiger charge is -2.05. The highest BCUT2D eigenvalue weighted by atomic mass is 79.9. The molecule has 2 rings (SSSR count). The van der Waals surface area contributed by atoms with Gasteiger partial charge in [-0.05, 0) is 36.4 Å². The Morgan fingerprint density at radius 1 is 0.938 bits per heavy atom. The average molecular weight is 295 g/mol. The van der Waals surface area contributed by atoms with Gasteiger partial charge in [0, 0.05) is 9.37 Å². The van der Waals surface area contributed by atoms with Gasteiger partial charge in [-0.15, -0.1) is 0 Å². The summed E-state index contributed by atoms with van der Waals surface area (Å²) in [6, 6.07) is 18.1. The van der Waals surface area contributed by atoms with E-state index < -0.39 is 0 Å². The van der Waals surface area contributed by atoms with Crippen LogP contribution < -0.4 is 4.74 Å². The van der Waals surface area contributed by atoms with E-state index in [2.05, 4.69) is 28.1 Å². The molecule has 0 unspecified atom stereocenters. The van der Waals surface area contributed by atoms with Crippen LogP contribution in [0.1, 0.15) is 0 Å². The number of halogens is 1. The predicted molar refractivity (Wildman–Crippen MR) is 71.9 cm³/mol. The quantitative estimate of drug-likeness (QED) is 0.603. The van der Waals surface area contributed by atoms with E-state index >= 15 is 0 Å². The molecule has 0 N–H and O–H groups in total. The molecule has 3 heteroatoms. The van der Waals surface area contributed by atoms with Crippen LogP contribution in [0.2, 0.25) is 0 Å². The lowest BCUT2D eigenvalue weighted by atomic mass is 10.3. The minimum atomic E-state index is 0.631. The number of thioether (sulfide) groups is 1. The Balaban J connectivity index is 1.82. The van der Waals surface area contributed by atoms with Gasteiger partial charge in [-0.3, -0.25) is 0 Å². The Labute approximate surface area is 108 Å². The Hall–Kier alpha value is -0.930. The molecule has 0 aliphatic rings. The first kappa shape index (κ1) is 11.6. The zero-order chi connectivity index (χ0) is 11.2. The SMILES string of the molecule is Brc1ccc(SCOc2ccccc2)cc1. The van der Waals surface area contributed by atoms with E-state index in [1.54, 1.807) is 11.8 Å². The van der Waals surface area contributed by atoms with Gasteiger partial charge in [0.15, 0.2) is 0 Å². The lowest BCUT2D eigenvalue weighted by Crippen LogP contribution is -1.91. The van der Waals surface area contributed by atoms with Crippen LogP contribution in [0.25, 0.3) is 0 Å². The molecule has 2 aromatic carbocycles. The van der Waals surface area contributed by atoms with E-state index in [1.807, 2.05) is 42.5 Å². The fraction of sp³-hybridized carbons (Fsp3) is 0.0769. The molecule has 82 valence electrons. The molecule has 0 spiro atoms. The largest absolute Gasteiger partial charge is 0.483 e. The van der Waals surface area contributed by atoms with E-state index in [-0.39, 0.29) is 0 Å². The van der Waals surface area contributed by atoms with Crippen LogP contribution in [0.5, 0.6) is 5.75 Å². The highest BCUT2D eigenvalue weighted by Crippen LogP contribution is 2.21. The second-order valence-corrected chi connectivity index (χ2v) is 5.08. The molecule has 0 amide bonds. The summed E-state index contributed by atoms with van der Waals surface area (Å²) in [6.07, 6.45) is 0. The first-order valence-corrected chi connectivity index (χ1v) is 6.69. The van der Waals surface area contributed by atoms with Gasteiger partial charge < -0.3 is 4.74 Å². The van der Waals surface area contributed by atoms with Gasteiger partial charge in [0.2, 0.25) is 0 Å². The van der Waals surface area contributed by atoms with Crippen LogP contribution in [-0.2, 0) is 0 Å².